The smallest absolute Gasteiger partial charge is 0.238 e. The first kappa shape index (κ1) is 22.6. The number of anilines is 2. The second kappa shape index (κ2) is 11.4. The van der Waals surface area contributed by atoms with Gasteiger partial charge < -0.3 is 20.1 Å². The lowest BCUT2D eigenvalue weighted by molar-refractivity contribution is -0.117. The van der Waals surface area contributed by atoms with Crippen LogP contribution in [-0.4, -0.2) is 50.6 Å². The zero-order valence-electron chi connectivity index (χ0n) is 18.3. The normalized spacial score (nSPS) is 14.0. The van der Waals surface area contributed by atoms with Crippen LogP contribution in [0.3, 0.4) is 0 Å². The SMILES string of the molecule is COc1cc(NC(=O)CN2CCCCC2)c(OC)cc1NC(=O)CCc1ccccc1. The molecule has 7 heteroatoms. The summed E-state index contributed by atoms with van der Waals surface area (Å²) in [6.45, 7) is 2.24. The third kappa shape index (κ3) is 6.72. The summed E-state index contributed by atoms with van der Waals surface area (Å²) < 4.78 is 10.9. The predicted octanol–water partition coefficient (Wildman–Crippen LogP) is 3.70. The Hall–Kier alpha value is -3.06. The monoisotopic (exact) mass is 425 g/mol. The fourth-order valence-corrected chi connectivity index (χ4v) is 3.72. The van der Waals surface area contributed by atoms with Crippen molar-refractivity contribution in [3.63, 3.8) is 0 Å². The van der Waals surface area contributed by atoms with Crippen LogP contribution in [0.25, 0.3) is 0 Å². The molecule has 1 heterocycles. The molecular weight excluding hydrogens is 394 g/mol. The highest BCUT2D eigenvalue weighted by Crippen LogP contribution is 2.36. The van der Waals surface area contributed by atoms with Gasteiger partial charge in [0, 0.05) is 18.6 Å². The van der Waals surface area contributed by atoms with Crippen molar-refractivity contribution in [2.45, 2.75) is 32.1 Å². The molecule has 1 aliphatic heterocycles. The van der Waals surface area contributed by atoms with Gasteiger partial charge in [0.15, 0.2) is 0 Å². The van der Waals surface area contributed by atoms with Gasteiger partial charge in [0.25, 0.3) is 0 Å². The summed E-state index contributed by atoms with van der Waals surface area (Å²) in [4.78, 5) is 27.1. The number of amides is 2. The largest absolute Gasteiger partial charge is 0.494 e. The van der Waals surface area contributed by atoms with Crippen molar-refractivity contribution < 1.29 is 19.1 Å². The molecule has 2 amide bonds. The molecule has 2 N–H and O–H groups in total. The number of likely N-dealkylation sites (tertiary alicyclic amines) is 1. The van der Waals surface area contributed by atoms with Gasteiger partial charge >= 0.3 is 0 Å². The summed E-state index contributed by atoms with van der Waals surface area (Å²) in [6, 6.07) is 13.2. The zero-order valence-corrected chi connectivity index (χ0v) is 18.3. The standard InChI is InChI=1S/C24H31N3O4/c1-30-21-16-20(26-24(29)17-27-13-7-4-8-14-27)22(31-2)15-19(21)25-23(28)12-11-18-9-5-3-6-10-18/h3,5-6,9-10,15-16H,4,7-8,11-14,17H2,1-2H3,(H,25,28)(H,26,29). The third-order valence-corrected chi connectivity index (χ3v) is 5.37. The lowest BCUT2D eigenvalue weighted by atomic mass is 10.1. The predicted molar refractivity (Wildman–Crippen MR) is 122 cm³/mol. The molecule has 0 bridgehead atoms. The summed E-state index contributed by atoms with van der Waals surface area (Å²) in [6.07, 6.45) is 4.48. The third-order valence-electron chi connectivity index (χ3n) is 5.37. The van der Waals surface area contributed by atoms with E-state index in [0.29, 0.717) is 42.3 Å². The number of piperidine rings is 1. The van der Waals surface area contributed by atoms with Crippen LogP contribution < -0.4 is 20.1 Å². The van der Waals surface area contributed by atoms with Crippen molar-refractivity contribution in [2.75, 3.05) is 44.5 Å². The Labute approximate surface area is 183 Å². The van der Waals surface area contributed by atoms with E-state index < -0.39 is 0 Å². The Morgan fingerprint density at radius 2 is 1.45 bits per heavy atom. The lowest BCUT2D eigenvalue weighted by Gasteiger charge is -2.25. The quantitative estimate of drug-likeness (QED) is 0.640. The van der Waals surface area contributed by atoms with E-state index in [1.165, 1.54) is 20.6 Å². The summed E-state index contributed by atoms with van der Waals surface area (Å²) in [5, 5.41) is 5.80. The molecule has 0 radical (unpaired) electrons. The highest BCUT2D eigenvalue weighted by Gasteiger charge is 2.18. The minimum Gasteiger partial charge on any atom is -0.494 e. The van der Waals surface area contributed by atoms with Crippen LogP contribution in [0.4, 0.5) is 11.4 Å². The minimum absolute atomic E-state index is 0.0955. The van der Waals surface area contributed by atoms with Gasteiger partial charge in [-0.3, -0.25) is 14.5 Å². The maximum Gasteiger partial charge on any atom is 0.238 e. The van der Waals surface area contributed by atoms with Crippen LogP contribution in [0.5, 0.6) is 11.5 Å². The maximum absolute atomic E-state index is 12.5. The number of ether oxygens (including phenoxy) is 2. The summed E-state index contributed by atoms with van der Waals surface area (Å²) in [5.74, 6) is 0.710. The summed E-state index contributed by atoms with van der Waals surface area (Å²) in [7, 11) is 3.06. The zero-order chi connectivity index (χ0) is 22.1. The number of hydrogen-bond donors (Lipinski definition) is 2. The number of carbonyl (C=O) groups excluding carboxylic acids is 2. The number of nitrogens with one attached hydrogen (secondary N) is 2. The van der Waals surface area contributed by atoms with Crippen LogP contribution in [0, 0.1) is 0 Å². The molecule has 31 heavy (non-hydrogen) atoms. The molecule has 2 aromatic carbocycles. The lowest BCUT2D eigenvalue weighted by Crippen LogP contribution is -2.36. The van der Waals surface area contributed by atoms with Gasteiger partial charge in [0.05, 0.1) is 32.1 Å². The van der Waals surface area contributed by atoms with E-state index in [1.54, 1.807) is 12.1 Å². The first-order valence-corrected chi connectivity index (χ1v) is 10.7. The molecular formula is C24H31N3O4. The topological polar surface area (TPSA) is 79.9 Å². The molecule has 1 fully saturated rings. The van der Waals surface area contributed by atoms with E-state index in [2.05, 4.69) is 15.5 Å². The fraction of sp³-hybridized carbons (Fsp3) is 0.417. The fourth-order valence-electron chi connectivity index (χ4n) is 3.72. The molecule has 1 saturated heterocycles. The Kier molecular flexibility index (Phi) is 8.29. The number of hydrogen-bond acceptors (Lipinski definition) is 5. The minimum atomic E-state index is -0.119. The molecule has 0 unspecified atom stereocenters. The number of nitrogens with zero attached hydrogens (tertiary/aromatic N) is 1. The van der Waals surface area contributed by atoms with Crippen LogP contribution in [0.2, 0.25) is 0 Å². The first-order chi connectivity index (χ1) is 15.1. The molecule has 7 nitrogen and oxygen atoms in total. The average molecular weight is 426 g/mol. The van der Waals surface area contributed by atoms with E-state index >= 15 is 0 Å². The van der Waals surface area contributed by atoms with Crippen molar-refractivity contribution in [1.29, 1.82) is 0 Å². The first-order valence-electron chi connectivity index (χ1n) is 10.7. The van der Waals surface area contributed by atoms with Gasteiger partial charge in [-0.1, -0.05) is 36.8 Å². The van der Waals surface area contributed by atoms with Crippen LogP contribution in [0.1, 0.15) is 31.2 Å². The second-order valence-electron chi connectivity index (χ2n) is 7.67. The van der Waals surface area contributed by atoms with Crippen molar-refractivity contribution in [2.24, 2.45) is 0 Å². The van der Waals surface area contributed by atoms with Gasteiger partial charge in [-0.25, -0.2) is 0 Å². The van der Waals surface area contributed by atoms with Crippen LogP contribution in [-0.2, 0) is 16.0 Å². The Bertz CT molecular complexity index is 880. The number of rotatable bonds is 9. The molecule has 1 aliphatic rings. The van der Waals surface area contributed by atoms with Crippen LogP contribution in [0.15, 0.2) is 42.5 Å². The number of methoxy groups -OCH3 is 2. The highest BCUT2D eigenvalue weighted by atomic mass is 16.5. The van der Waals surface area contributed by atoms with Gasteiger partial charge in [-0.05, 0) is 37.9 Å². The molecule has 0 aliphatic carbocycles. The number of benzene rings is 2. The van der Waals surface area contributed by atoms with E-state index in [1.807, 2.05) is 30.3 Å². The molecule has 0 atom stereocenters. The van der Waals surface area contributed by atoms with E-state index in [4.69, 9.17) is 9.47 Å². The van der Waals surface area contributed by atoms with Gasteiger partial charge in [0.2, 0.25) is 11.8 Å². The summed E-state index contributed by atoms with van der Waals surface area (Å²) >= 11 is 0. The Balaban J connectivity index is 1.64. The van der Waals surface area contributed by atoms with Crippen molar-refractivity contribution in [1.82, 2.24) is 4.90 Å². The Morgan fingerprint density at radius 1 is 0.871 bits per heavy atom. The van der Waals surface area contributed by atoms with Crippen molar-refractivity contribution in [3.8, 4) is 11.5 Å². The van der Waals surface area contributed by atoms with E-state index in [-0.39, 0.29) is 11.8 Å². The van der Waals surface area contributed by atoms with Gasteiger partial charge in [-0.2, -0.15) is 0 Å². The molecule has 166 valence electrons. The Morgan fingerprint density at radius 3 is 2.03 bits per heavy atom. The van der Waals surface area contributed by atoms with Crippen LogP contribution >= 0.6 is 0 Å². The van der Waals surface area contributed by atoms with Gasteiger partial charge in [0.1, 0.15) is 11.5 Å². The number of carbonyl (C=O) groups is 2. The molecule has 0 saturated carbocycles. The van der Waals surface area contributed by atoms with Crippen molar-refractivity contribution >= 4 is 23.2 Å². The average Bonchev–Trinajstić information content (AvgIpc) is 2.79. The molecule has 2 aromatic rings. The maximum atomic E-state index is 12.5. The number of aryl methyl sites for hydroxylation is 1. The van der Waals surface area contributed by atoms with E-state index in [0.717, 1.165) is 31.5 Å². The van der Waals surface area contributed by atoms with Crippen molar-refractivity contribution in [3.05, 3.63) is 48.0 Å². The molecule has 0 spiro atoms. The molecule has 3 rings (SSSR count). The second-order valence-corrected chi connectivity index (χ2v) is 7.67. The van der Waals surface area contributed by atoms with Gasteiger partial charge in [-0.15, -0.1) is 0 Å². The highest BCUT2D eigenvalue weighted by molar-refractivity contribution is 5.97. The molecule has 0 aromatic heterocycles. The van der Waals surface area contributed by atoms with E-state index in [9.17, 15) is 9.59 Å². The summed E-state index contributed by atoms with van der Waals surface area (Å²) in [5.41, 5.74) is 2.13.